The molecule has 0 N–H and O–H groups in total. The lowest BCUT2D eigenvalue weighted by atomic mass is 10.0. The number of nitrogens with zero attached hydrogens (tertiary/aromatic N) is 3. The number of rotatable bonds is 2. The summed E-state index contributed by atoms with van der Waals surface area (Å²) < 4.78 is 0. The normalized spacial score (nSPS) is 11.6. The van der Waals surface area contributed by atoms with Crippen LogP contribution in [0, 0.1) is 0 Å². The Bertz CT molecular complexity index is 1520. The Balaban J connectivity index is 1.62. The largest absolute Gasteiger partial charge is 0.256 e. The second-order valence-electron chi connectivity index (χ2n) is 7.41. The van der Waals surface area contributed by atoms with E-state index >= 15 is 0 Å². The Kier molecular flexibility index (Phi) is 3.53. The fraction of sp³-hybridized carbons (Fsp3) is 0.0385. The first-order valence-electron chi connectivity index (χ1n) is 9.75. The van der Waals surface area contributed by atoms with Gasteiger partial charge in [-0.25, -0.2) is 4.98 Å². The summed E-state index contributed by atoms with van der Waals surface area (Å²) in [5.41, 5.74) is 6.40. The van der Waals surface area contributed by atoms with E-state index in [0.717, 1.165) is 50.0 Å². The average Bonchev–Trinajstić information content (AvgIpc) is 2.78. The predicted molar refractivity (Wildman–Crippen MR) is 119 cm³/mol. The van der Waals surface area contributed by atoms with Crippen molar-refractivity contribution in [2.24, 2.45) is 0 Å². The van der Waals surface area contributed by atoms with Crippen molar-refractivity contribution in [2.75, 3.05) is 0 Å². The summed E-state index contributed by atoms with van der Waals surface area (Å²) >= 11 is 0. The van der Waals surface area contributed by atoms with Crippen molar-refractivity contribution >= 4 is 43.6 Å². The van der Waals surface area contributed by atoms with E-state index < -0.39 is 0 Å². The van der Waals surface area contributed by atoms with E-state index in [0.29, 0.717) is 0 Å². The lowest BCUT2D eigenvalue weighted by molar-refractivity contribution is 1.17. The summed E-state index contributed by atoms with van der Waals surface area (Å²) in [6, 6.07) is 27.4. The zero-order valence-electron chi connectivity index (χ0n) is 15.7. The Morgan fingerprint density at radius 1 is 0.586 bits per heavy atom. The Morgan fingerprint density at radius 3 is 2.17 bits per heavy atom. The number of pyridine rings is 3. The third-order valence-electron chi connectivity index (χ3n) is 5.50. The summed E-state index contributed by atoms with van der Waals surface area (Å²) in [5, 5.41) is 4.44. The van der Waals surface area contributed by atoms with E-state index in [2.05, 4.69) is 71.7 Å². The van der Waals surface area contributed by atoms with Crippen molar-refractivity contribution in [3.63, 3.8) is 0 Å². The van der Waals surface area contributed by atoms with Crippen LogP contribution in [-0.4, -0.2) is 15.0 Å². The van der Waals surface area contributed by atoms with Crippen molar-refractivity contribution in [3.8, 4) is 0 Å². The zero-order chi connectivity index (χ0) is 19.2. The lowest BCUT2D eigenvalue weighted by Gasteiger charge is -2.09. The van der Waals surface area contributed by atoms with Gasteiger partial charge < -0.3 is 0 Å². The van der Waals surface area contributed by atoms with Crippen LogP contribution >= 0.6 is 0 Å². The second kappa shape index (κ2) is 6.35. The number of hydrogen-bond acceptors (Lipinski definition) is 3. The number of hydrogen-bond donors (Lipinski definition) is 0. The predicted octanol–water partition coefficient (Wildman–Crippen LogP) is 6.08. The van der Waals surface area contributed by atoms with Gasteiger partial charge in [0.05, 0.1) is 22.1 Å². The highest BCUT2D eigenvalue weighted by atomic mass is 14.7. The molecule has 0 saturated carbocycles. The molecule has 3 aromatic carbocycles. The molecule has 3 nitrogen and oxygen atoms in total. The van der Waals surface area contributed by atoms with Crippen LogP contribution in [0.4, 0.5) is 0 Å². The third kappa shape index (κ3) is 2.71. The first-order valence-corrected chi connectivity index (χ1v) is 9.75. The van der Waals surface area contributed by atoms with E-state index in [-0.39, 0.29) is 0 Å². The van der Waals surface area contributed by atoms with Gasteiger partial charge in [0.2, 0.25) is 0 Å². The third-order valence-corrected chi connectivity index (χ3v) is 5.50. The molecule has 0 saturated heterocycles. The molecule has 0 bridgehead atoms. The average molecular weight is 371 g/mol. The Hall–Kier alpha value is -3.85. The maximum atomic E-state index is 5.10. The van der Waals surface area contributed by atoms with Crippen molar-refractivity contribution in [1.82, 2.24) is 15.0 Å². The van der Waals surface area contributed by atoms with Gasteiger partial charge in [0.1, 0.15) is 0 Å². The lowest BCUT2D eigenvalue weighted by Crippen LogP contribution is -1.92. The summed E-state index contributed by atoms with van der Waals surface area (Å²) in [4.78, 5) is 14.3. The highest BCUT2D eigenvalue weighted by Crippen LogP contribution is 2.30. The molecule has 0 fully saturated rings. The molecule has 3 aromatic heterocycles. The van der Waals surface area contributed by atoms with E-state index in [1.54, 1.807) is 0 Å². The highest BCUT2D eigenvalue weighted by molar-refractivity contribution is 6.12. The number of aromatic nitrogens is 3. The molecule has 29 heavy (non-hydrogen) atoms. The molecule has 6 aromatic rings. The quantitative estimate of drug-likeness (QED) is 0.274. The first kappa shape index (κ1) is 16.1. The monoisotopic (exact) mass is 371 g/mol. The van der Waals surface area contributed by atoms with Crippen molar-refractivity contribution in [1.29, 1.82) is 0 Å². The fourth-order valence-corrected chi connectivity index (χ4v) is 4.09. The van der Waals surface area contributed by atoms with Gasteiger partial charge in [0.15, 0.2) is 0 Å². The molecule has 0 aliphatic heterocycles. The molecule has 6 rings (SSSR count). The molecular weight excluding hydrogens is 354 g/mol. The molecular formula is C26H17N3. The van der Waals surface area contributed by atoms with E-state index in [9.17, 15) is 0 Å². The minimum Gasteiger partial charge on any atom is -0.256 e. The Labute approximate surface area is 167 Å². The summed E-state index contributed by atoms with van der Waals surface area (Å²) in [7, 11) is 0. The van der Waals surface area contributed by atoms with Crippen LogP contribution in [0.1, 0.15) is 11.1 Å². The summed E-state index contributed by atoms with van der Waals surface area (Å²) in [5.74, 6) is 0. The minimum absolute atomic E-state index is 0.862. The van der Waals surface area contributed by atoms with Gasteiger partial charge in [-0.1, -0.05) is 42.5 Å². The van der Waals surface area contributed by atoms with Gasteiger partial charge in [-0.15, -0.1) is 0 Å². The summed E-state index contributed by atoms with van der Waals surface area (Å²) in [6.07, 6.45) is 4.66. The first-order chi connectivity index (χ1) is 14.3. The van der Waals surface area contributed by atoms with Crippen molar-refractivity contribution in [3.05, 3.63) is 102 Å². The molecule has 3 heterocycles. The standard InChI is InChI=1S/C26H17N3/c1-2-5-17(6-3-1)13-18-14-22-24(28-16-18)11-9-20-15-19-8-10-23-21(7-4-12-27-23)25(19)29-26(20)22/h1-12,14-16H,13H2. The van der Waals surface area contributed by atoms with Gasteiger partial charge in [-0.3, -0.25) is 9.97 Å². The van der Waals surface area contributed by atoms with Crippen LogP contribution in [0.3, 0.4) is 0 Å². The minimum atomic E-state index is 0.862. The molecule has 0 atom stereocenters. The van der Waals surface area contributed by atoms with E-state index in [1.165, 1.54) is 11.1 Å². The molecule has 3 heteroatoms. The SMILES string of the molecule is c1ccc(Cc2cnc3ccc4cc5ccc6ncccc6c5nc4c3c2)cc1. The van der Waals surface area contributed by atoms with Gasteiger partial charge in [-0.05, 0) is 53.9 Å². The number of fused-ring (bicyclic) bond motifs is 6. The van der Waals surface area contributed by atoms with E-state index in [1.807, 2.05) is 24.5 Å². The van der Waals surface area contributed by atoms with Crippen LogP contribution in [-0.2, 0) is 6.42 Å². The molecule has 0 unspecified atom stereocenters. The number of benzene rings is 3. The van der Waals surface area contributed by atoms with Gasteiger partial charge in [0.25, 0.3) is 0 Å². The maximum Gasteiger partial charge on any atom is 0.0804 e. The molecule has 0 amide bonds. The molecule has 0 spiro atoms. The maximum absolute atomic E-state index is 5.10. The van der Waals surface area contributed by atoms with Crippen molar-refractivity contribution < 1.29 is 0 Å². The highest BCUT2D eigenvalue weighted by Gasteiger charge is 2.09. The smallest absolute Gasteiger partial charge is 0.0804 e. The van der Waals surface area contributed by atoms with Gasteiger partial charge in [-0.2, -0.15) is 0 Å². The van der Waals surface area contributed by atoms with Crippen LogP contribution in [0.2, 0.25) is 0 Å². The van der Waals surface area contributed by atoms with Gasteiger partial charge in [0, 0.05) is 33.9 Å². The van der Waals surface area contributed by atoms with Crippen LogP contribution in [0.5, 0.6) is 0 Å². The van der Waals surface area contributed by atoms with Gasteiger partial charge >= 0.3 is 0 Å². The molecule has 136 valence electrons. The topological polar surface area (TPSA) is 38.7 Å². The second-order valence-corrected chi connectivity index (χ2v) is 7.41. The van der Waals surface area contributed by atoms with Crippen LogP contribution in [0.25, 0.3) is 43.6 Å². The summed E-state index contributed by atoms with van der Waals surface area (Å²) in [6.45, 7) is 0. The fourth-order valence-electron chi connectivity index (χ4n) is 4.09. The zero-order valence-corrected chi connectivity index (χ0v) is 15.7. The molecule has 0 aliphatic carbocycles. The van der Waals surface area contributed by atoms with E-state index in [4.69, 9.17) is 9.97 Å². The van der Waals surface area contributed by atoms with Crippen LogP contribution in [0.15, 0.2) is 91.3 Å². The molecule has 0 aliphatic rings. The molecule has 0 radical (unpaired) electrons. The Morgan fingerprint density at radius 2 is 1.34 bits per heavy atom. The van der Waals surface area contributed by atoms with Crippen molar-refractivity contribution in [2.45, 2.75) is 6.42 Å². The van der Waals surface area contributed by atoms with Crippen LogP contribution < -0.4 is 0 Å².